The largest absolute Gasteiger partial charge is 0.508 e. The molecule has 1 unspecified atom stereocenters. The first-order valence-corrected chi connectivity index (χ1v) is 10.5. The zero-order chi connectivity index (χ0) is 21.9. The molecule has 1 N–H and O–H groups in total. The average molecular weight is 405 g/mol. The SMILES string of the molecule is C#C.COc1cc(/C=C/c2cccc(O)c2)cc2c1OC1CCCC(C)(C)[C@@]1(C)C2. The van der Waals surface area contributed by atoms with Crippen molar-refractivity contribution in [1.29, 1.82) is 0 Å². The van der Waals surface area contributed by atoms with Crippen molar-refractivity contribution in [3.63, 3.8) is 0 Å². The Hall–Kier alpha value is -2.86. The van der Waals surface area contributed by atoms with Crippen LogP contribution in [0.25, 0.3) is 12.2 Å². The predicted octanol–water partition coefficient (Wildman–Crippen LogP) is 6.34. The van der Waals surface area contributed by atoms with Crippen LogP contribution in [0.1, 0.15) is 56.7 Å². The highest BCUT2D eigenvalue weighted by Crippen LogP contribution is 2.57. The first-order valence-electron chi connectivity index (χ1n) is 10.5. The molecule has 3 nitrogen and oxygen atoms in total. The number of rotatable bonds is 3. The normalized spacial score (nSPS) is 24.0. The summed E-state index contributed by atoms with van der Waals surface area (Å²) in [5, 5.41) is 9.67. The van der Waals surface area contributed by atoms with Crippen molar-refractivity contribution in [2.24, 2.45) is 10.8 Å². The van der Waals surface area contributed by atoms with Crippen LogP contribution in [0, 0.1) is 23.7 Å². The molecule has 2 aromatic rings. The molecule has 2 aromatic carbocycles. The van der Waals surface area contributed by atoms with E-state index in [-0.39, 0.29) is 22.7 Å². The minimum atomic E-state index is 0.122. The van der Waals surface area contributed by atoms with E-state index in [1.165, 1.54) is 18.4 Å². The molecule has 0 bridgehead atoms. The lowest BCUT2D eigenvalue weighted by molar-refractivity contribution is -0.0847. The smallest absolute Gasteiger partial charge is 0.164 e. The highest BCUT2D eigenvalue weighted by atomic mass is 16.5. The Balaban J connectivity index is 0.00000124. The quantitative estimate of drug-likeness (QED) is 0.479. The van der Waals surface area contributed by atoms with Crippen molar-refractivity contribution in [2.45, 2.75) is 52.6 Å². The second-order valence-electron chi connectivity index (χ2n) is 9.12. The fourth-order valence-corrected chi connectivity index (χ4v) is 4.87. The Morgan fingerprint density at radius 2 is 1.83 bits per heavy atom. The van der Waals surface area contributed by atoms with Crippen molar-refractivity contribution < 1.29 is 14.6 Å². The van der Waals surface area contributed by atoms with Gasteiger partial charge < -0.3 is 14.6 Å². The standard InChI is InChI=1S/C25H30O3.C2H2/c1-24(2)12-6-9-22-25(24,3)16-19-13-18(15-21(27-4)23(19)28-22)11-10-17-7-5-8-20(26)14-17;1-2/h5,7-8,10-11,13-15,22,26H,6,9,12,16H2,1-4H3;1-2H/b11-10+;/t22?,25-;/m0./s1. The van der Waals surface area contributed by atoms with Gasteiger partial charge in [-0.1, -0.05) is 45.1 Å². The third kappa shape index (κ3) is 3.92. The van der Waals surface area contributed by atoms with Crippen LogP contribution in [-0.2, 0) is 6.42 Å². The van der Waals surface area contributed by atoms with Gasteiger partial charge in [0, 0.05) is 5.41 Å². The van der Waals surface area contributed by atoms with Gasteiger partial charge in [0.25, 0.3) is 0 Å². The number of terminal acetylenes is 1. The van der Waals surface area contributed by atoms with Crippen LogP contribution in [0.5, 0.6) is 17.2 Å². The van der Waals surface area contributed by atoms with E-state index in [9.17, 15) is 5.11 Å². The zero-order valence-corrected chi connectivity index (χ0v) is 18.4. The van der Waals surface area contributed by atoms with Gasteiger partial charge in [0.15, 0.2) is 11.5 Å². The monoisotopic (exact) mass is 404 g/mol. The van der Waals surface area contributed by atoms with E-state index < -0.39 is 0 Å². The van der Waals surface area contributed by atoms with E-state index in [4.69, 9.17) is 9.47 Å². The molecule has 0 amide bonds. The molecule has 0 spiro atoms. The van der Waals surface area contributed by atoms with E-state index in [0.29, 0.717) is 0 Å². The van der Waals surface area contributed by atoms with Gasteiger partial charge in [-0.05, 0) is 72.1 Å². The van der Waals surface area contributed by atoms with Gasteiger partial charge in [-0.25, -0.2) is 0 Å². The summed E-state index contributed by atoms with van der Waals surface area (Å²) in [6, 6.07) is 11.5. The molecule has 1 aliphatic carbocycles. The molecular formula is C27H32O3. The fraction of sp³-hybridized carbons (Fsp3) is 0.407. The molecule has 0 aromatic heterocycles. The lowest BCUT2D eigenvalue weighted by Gasteiger charge is -2.55. The van der Waals surface area contributed by atoms with Crippen molar-refractivity contribution in [1.82, 2.24) is 0 Å². The summed E-state index contributed by atoms with van der Waals surface area (Å²) in [6.45, 7) is 7.16. The number of ether oxygens (including phenoxy) is 2. The van der Waals surface area contributed by atoms with Crippen LogP contribution >= 0.6 is 0 Å². The topological polar surface area (TPSA) is 38.7 Å². The van der Waals surface area contributed by atoms with Gasteiger partial charge in [-0.15, -0.1) is 12.8 Å². The number of fused-ring (bicyclic) bond motifs is 2. The molecule has 4 rings (SSSR count). The number of phenols is 1. The van der Waals surface area contributed by atoms with E-state index in [0.717, 1.165) is 35.5 Å². The maximum Gasteiger partial charge on any atom is 0.164 e. The minimum absolute atomic E-state index is 0.122. The molecule has 30 heavy (non-hydrogen) atoms. The second kappa shape index (κ2) is 8.48. The van der Waals surface area contributed by atoms with Gasteiger partial charge in [-0.2, -0.15) is 0 Å². The first kappa shape index (κ1) is 21.8. The number of phenolic OH excluding ortho intramolecular Hbond substituents is 1. The summed E-state index contributed by atoms with van der Waals surface area (Å²) in [5.41, 5.74) is 3.64. The highest BCUT2D eigenvalue weighted by Gasteiger charge is 2.53. The third-order valence-electron chi connectivity index (χ3n) is 7.06. The van der Waals surface area contributed by atoms with Gasteiger partial charge in [-0.3, -0.25) is 0 Å². The molecule has 0 saturated heterocycles. The Labute approximate surface area is 180 Å². The van der Waals surface area contributed by atoms with E-state index >= 15 is 0 Å². The molecule has 2 atom stereocenters. The molecular weight excluding hydrogens is 372 g/mol. The number of hydrogen-bond donors (Lipinski definition) is 1. The highest BCUT2D eigenvalue weighted by molar-refractivity contribution is 5.72. The third-order valence-corrected chi connectivity index (χ3v) is 7.06. The van der Waals surface area contributed by atoms with Gasteiger partial charge in [0.1, 0.15) is 11.9 Å². The Morgan fingerprint density at radius 1 is 1.10 bits per heavy atom. The van der Waals surface area contributed by atoms with Crippen LogP contribution in [0.3, 0.4) is 0 Å². The number of benzene rings is 2. The Kier molecular flexibility index (Phi) is 6.17. The molecule has 158 valence electrons. The summed E-state index contributed by atoms with van der Waals surface area (Å²) < 4.78 is 12.2. The maximum absolute atomic E-state index is 9.67. The molecule has 1 heterocycles. The molecule has 1 aliphatic heterocycles. The van der Waals surface area contributed by atoms with Crippen LogP contribution in [0.2, 0.25) is 0 Å². The van der Waals surface area contributed by atoms with Crippen LogP contribution in [0.15, 0.2) is 36.4 Å². The molecule has 0 radical (unpaired) electrons. The van der Waals surface area contributed by atoms with Crippen LogP contribution in [0.4, 0.5) is 0 Å². The molecule has 2 aliphatic rings. The summed E-state index contributed by atoms with van der Waals surface area (Å²) >= 11 is 0. The maximum atomic E-state index is 9.67. The fourth-order valence-electron chi connectivity index (χ4n) is 4.87. The lowest BCUT2D eigenvalue weighted by Crippen LogP contribution is -2.54. The predicted molar refractivity (Wildman–Crippen MR) is 124 cm³/mol. The first-order chi connectivity index (χ1) is 14.3. The van der Waals surface area contributed by atoms with Crippen LogP contribution in [-0.4, -0.2) is 18.3 Å². The lowest BCUT2D eigenvalue weighted by atomic mass is 9.54. The van der Waals surface area contributed by atoms with Crippen molar-refractivity contribution in [3.8, 4) is 30.1 Å². The van der Waals surface area contributed by atoms with Crippen LogP contribution < -0.4 is 9.47 Å². The number of methoxy groups -OCH3 is 1. The number of aromatic hydroxyl groups is 1. The summed E-state index contributed by atoms with van der Waals surface area (Å²) in [4.78, 5) is 0. The number of hydrogen-bond acceptors (Lipinski definition) is 3. The van der Waals surface area contributed by atoms with Crippen molar-refractivity contribution >= 4 is 12.2 Å². The zero-order valence-electron chi connectivity index (χ0n) is 18.4. The van der Waals surface area contributed by atoms with Gasteiger partial charge >= 0.3 is 0 Å². The molecule has 1 fully saturated rings. The van der Waals surface area contributed by atoms with Gasteiger partial charge in [0.2, 0.25) is 0 Å². The summed E-state index contributed by atoms with van der Waals surface area (Å²) in [6.07, 6.45) is 16.9. The van der Waals surface area contributed by atoms with E-state index in [1.807, 2.05) is 24.3 Å². The average Bonchev–Trinajstić information content (AvgIpc) is 2.72. The summed E-state index contributed by atoms with van der Waals surface area (Å²) in [5.74, 6) is 1.99. The molecule has 3 heteroatoms. The van der Waals surface area contributed by atoms with E-state index in [2.05, 4.69) is 45.8 Å². The van der Waals surface area contributed by atoms with Crippen molar-refractivity contribution in [3.05, 3.63) is 53.1 Å². The molecule has 1 saturated carbocycles. The Bertz CT molecular complexity index is 954. The second-order valence-corrected chi connectivity index (χ2v) is 9.12. The minimum Gasteiger partial charge on any atom is -0.508 e. The van der Waals surface area contributed by atoms with Gasteiger partial charge in [0.05, 0.1) is 7.11 Å². The summed E-state index contributed by atoms with van der Waals surface area (Å²) in [7, 11) is 1.71. The Morgan fingerprint density at radius 3 is 2.53 bits per heavy atom. The van der Waals surface area contributed by atoms with E-state index in [1.54, 1.807) is 19.2 Å². The van der Waals surface area contributed by atoms with Crippen molar-refractivity contribution in [2.75, 3.05) is 7.11 Å².